The Hall–Kier alpha value is -4.80. The minimum absolute atomic E-state index is 0.111. The molecule has 49 heavy (non-hydrogen) atoms. The highest BCUT2D eigenvalue weighted by atomic mass is 16.6. The second kappa shape index (κ2) is 13.2. The van der Waals surface area contributed by atoms with Crippen molar-refractivity contribution in [2.75, 3.05) is 31.6 Å². The first-order valence-corrected chi connectivity index (χ1v) is 17.0. The van der Waals surface area contributed by atoms with Gasteiger partial charge < -0.3 is 29.3 Å². The molecule has 1 spiro atoms. The molecule has 2 saturated heterocycles. The number of aliphatic hydroxyl groups excluding tert-OH is 1. The van der Waals surface area contributed by atoms with Crippen LogP contribution in [0.4, 0.5) is 5.69 Å². The standard InChI is InChI=1S/C39H41N3O7/c1-25-34(27-13-5-3-6-14-27)48-38(47)32-30-19-20-39(49-30)33(32)36(45)42(22-11-23-43)35(39)37(46)41(21-10-4-7-16-31(44)40(25)2)29-18-17-26-12-8-9-15-28(26)24-29/h3-6,8-10,12-15,17-20,24-25,30,32-35,43H,7,11,16,21-23H2,1-2H3/b10-4-/t25-,30+,32-,33-,34+,35+,39-/m0/s1. The number of aliphatic hydroxyl groups is 1. The van der Waals surface area contributed by atoms with Crippen LogP contribution >= 0.6 is 0 Å². The molecule has 5 bridgehead atoms. The van der Waals surface area contributed by atoms with Crippen molar-refractivity contribution in [2.45, 2.75) is 56.1 Å². The fourth-order valence-electron chi connectivity index (χ4n) is 7.92. The number of ether oxygens (including phenoxy) is 2. The van der Waals surface area contributed by atoms with Crippen LogP contribution in [0.1, 0.15) is 37.9 Å². The molecule has 3 aromatic carbocycles. The van der Waals surface area contributed by atoms with E-state index in [1.165, 1.54) is 4.90 Å². The summed E-state index contributed by atoms with van der Waals surface area (Å²) in [5, 5.41) is 11.8. The highest BCUT2D eigenvalue weighted by molar-refractivity contribution is 6.06. The molecule has 1 N–H and O–H groups in total. The number of hydrogen-bond donors (Lipinski definition) is 1. The number of benzene rings is 3. The van der Waals surface area contributed by atoms with Crippen LogP contribution in [0.15, 0.2) is 97.1 Å². The number of carbonyl (C=O) groups excluding carboxylic acids is 4. The van der Waals surface area contributed by atoms with E-state index in [-0.39, 0.29) is 50.3 Å². The summed E-state index contributed by atoms with van der Waals surface area (Å²) in [6.07, 6.45) is 6.65. The van der Waals surface area contributed by atoms with E-state index in [4.69, 9.17) is 9.47 Å². The van der Waals surface area contributed by atoms with Crippen molar-refractivity contribution in [2.24, 2.45) is 11.8 Å². The molecular weight excluding hydrogens is 622 g/mol. The highest BCUT2D eigenvalue weighted by Crippen LogP contribution is 2.56. The third-order valence-electron chi connectivity index (χ3n) is 10.5. The van der Waals surface area contributed by atoms with Crippen LogP contribution in [0.3, 0.4) is 0 Å². The Morgan fingerprint density at radius 3 is 2.45 bits per heavy atom. The summed E-state index contributed by atoms with van der Waals surface area (Å²) in [6.45, 7) is 1.98. The molecule has 4 aliphatic heterocycles. The maximum atomic E-state index is 15.0. The fourth-order valence-corrected chi connectivity index (χ4v) is 7.92. The molecule has 3 amide bonds. The molecule has 254 valence electrons. The number of allylic oxidation sites excluding steroid dienone is 1. The lowest BCUT2D eigenvalue weighted by atomic mass is 9.74. The molecule has 0 aromatic heterocycles. The topological polar surface area (TPSA) is 117 Å². The van der Waals surface area contributed by atoms with Crippen LogP contribution in [0.5, 0.6) is 0 Å². The third kappa shape index (κ3) is 5.62. The molecule has 0 radical (unpaired) electrons. The zero-order valence-corrected chi connectivity index (χ0v) is 27.7. The van der Waals surface area contributed by atoms with Crippen LogP contribution in [-0.2, 0) is 28.7 Å². The second-order valence-corrected chi connectivity index (χ2v) is 13.3. The van der Waals surface area contributed by atoms with Gasteiger partial charge in [-0.25, -0.2) is 0 Å². The zero-order valence-electron chi connectivity index (χ0n) is 27.7. The maximum absolute atomic E-state index is 15.0. The van der Waals surface area contributed by atoms with E-state index in [0.29, 0.717) is 12.1 Å². The van der Waals surface area contributed by atoms with Crippen molar-refractivity contribution in [1.29, 1.82) is 0 Å². The van der Waals surface area contributed by atoms with E-state index < -0.39 is 47.7 Å². The first-order chi connectivity index (χ1) is 23.7. The SMILES string of the molecule is C[C@H]1[C@H](c2ccccc2)OC(=O)[C@@H]2[C@H]3C(=O)N(CCCO)[C@H](C(=O)N(c4ccc5ccccc5c4)C/C=C\CCC(=O)N1C)[C@]31C=C[C@H]2O1. The third-order valence-corrected chi connectivity index (χ3v) is 10.5. The summed E-state index contributed by atoms with van der Waals surface area (Å²) >= 11 is 0. The van der Waals surface area contributed by atoms with Crippen molar-refractivity contribution in [1.82, 2.24) is 9.80 Å². The van der Waals surface area contributed by atoms with E-state index in [2.05, 4.69) is 0 Å². The zero-order chi connectivity index (χ0) is 34.3. The number of carbonyl (C=O) groups is 4. The van der Waals surface area contributed by atoms with Gasteiger partial charge in [-0.1, -0.05) is 85.0 Å². The molecule has 4 heterocycles. The summed E-state index contributed by atoms with van der Waals surface area (Å²) in [6, 6.07) is 21.3. The Kier molecular flexibility index (Phi) is 8.85. The van der Waals surface area contributed by atoms with Gasteiger partial charge in [0, 0.05) is 38.9 Å². The van der Waals surface area contributed by atoms with Gasteiger partial charge in [0.2, 0.25) is 11.8 Å². The number of amides is 3. The number of anilines is 1. The summed E-state index contributed by atoms with van der Waals surface area (Å²) in [5.41, 5.74) is -0.0363. The van der Waals surface area contributed by atoms with Gasteiger partial charge in [-0.2, -0.15) is 0 Å². The van der Waals surface area contributed by atoms with Crippen molar-refractivity contribution in [3.8, 4) is 0 Å². The average molecular weight is 664 g/mol. The largest absolute Gasteiger partial charge is 0.455 e. The van der Waals surface area contributed by atoms with E-state index in [1.54, 1.807) is 29.0 Å². The van der Waals surface area contributed by atoms with Crippen LogP contribution < -0.4 is 4.90 Å². The molecule has 10 heteroatoms. The molecule has 10 nitrogen and oxygen atoms in total. The normalized spacial score (nSPS) is 31.0. The molecule has 7 atom stereocenters. The Balaban J connectivity index is 1.33. The number of cyclic esters (lactones) is 1. The van der Waals surface area contributed by atoms with Gasteiger partial charge in [-0.05, 0) is 48.2 Å². The molecule has 4 aliphatic rings. The Bertz CT molecular complexity index is 1830. The summed E-state index contributed by atoms with van der Waals surface area (Å²) in [4.78, 5) is 61.8. The number of nitrogens with zero attached hydrogens (tertiary/aromatic N) is 3. The molecule has 3 aromatic rings. The Morgan fingerprint density at radius 1 is 0.918 bits per heavy atom. The van der Waals surface area contributed by atoms with Crippen LogP contribution in [0, 0.1) is 11.8 Å². The molecule has 0 unspecified atom stereocenters. The van der Waals surface area contributed by atoms with Gasteiger partial charge >= 0.3 is 5.97 Å². The molecular formula is C39H41N3O7. The fraction of sp³-hybridized carbons (Fsp3) is 0.385. The predicted octanol–water partition coefficient (Wildman–Crippen LogP) is 4.19. The monoisotopic (exact) mass is 663 g/mol. The molecule has 0 saturated carbocycles. The lowest BCUT2D eigenvalue weighted by Crippen LogP contribution is -2.56. The van der Waals surface area contributed by atoms with Gasteiger partial charge in [-0.3, -0.25) is 19.2 Å². The van der Waals surface area contributed by atoms with Crippen molar-refractivity contribution >= 4 is 40.2 Å². The van der Waals surface area contributed by atoms with Crippen LogP contribution in [0.25, 0.3) is 10.8 Å². The minimum Gasteiger partial charge on any atom is -0.455 e. The van der Waals surface area contributed by atoms with Gasteiger partial charge in [0.25, 0.3) is 5.91 Å². The van der Waals surface area contributed by atoms with E-state index >= 15 is 0 Å². The highest BCUT2D eigenvalue weighted by Gasteiger charge is 2.73. The summed E-state index contributed by atoms with van der Waals surface area (Å²) < 4.78 is 12.8. The number of likely N-dealkylation sites (tertiary alicyclic amines) is 1. The number of likely N-dealkylation sites (N-methyl/N-ethyl adjacent to an activating group) is 1. The molecule has 0 aliphatic carbocycles. The average Bonchev–Trinajstić information content (AvgIpc) is 3.77. The Labute approximate surface area is 285 Å². The van der Waals surface area contributed by atoms with Crippen molar-refractivity contribution < 1.29 is 33.8 Å². The van der Waals surface area contributed by atoms with Gasteiger partial charge in [0.1, 0.15) is 23.7 Å². The lowest BCUT2D eigenvalue weighted by molar-refractivity contribution is -0.164. The molecule has 7 rings (SSSR count). The number of rotatable bonds is 5. The first-order valence-electron chi connectivity index (χ1n) is 17.0. The van der Waals surface area contributed by atoms with Gasteiger partial charge in [0.05, 0.1) is 18.1 Å². The van der Waals surface area contributed by atoms with Crippen LogP contribution in [-0.4, -0.2) is 89.1 Å². The van der Waals surface area contributed by atoms with Gasteiger partial charge in [-0.15, -0.1) is 0 Å². The predicted molar refractivity (Wildman–Crippen MR) is 183 cm³/mol. The summed E-state index contributed by atoms with van der Waals surface area (Å²) in [5.74, 6) is -3.48. The van der Waals surface area contributed by atoms with Gasteiger partial charge in [0.15, 0.2) is 0 Å². The van der Waals surface area contributed by atoms with Crippen LogP contribution in [0.2, 0.25) is 0 Å². The minimum atomic E-state index is -1.40. The van der Waals surface area contributed by atoms with E-state index in [1.807, 2.05) is 91.9 Å². The quantitative estimate of drug-likeness (QED) is 0.322. The number of hydrogen-bond acceptors (Lipinski definition) is 7. The maximum Gasteiger partial charge on any atom is 0.313 e. The number of esters is 1. The number of fused-ring (bicyclic) bond motifs is 3. The van der Waals surface area contributed by atoms with E-state index in [0.717, 1.165) is 16.3 Å². The first kappa shape index (κ1) is 32.7. The molecule has 2 fully saturated rings. The van der Waals surface area contributed by atoms with Crippen molar-refractivity contribution in [3.63, 3.8) is 0 Å². The smallest absolute Gasteiger partial charge is 0.313 e. The second-order valence-electron chi connectivity index (χ2n) is 13.3. The van der Waals surface area contributed by atoms with Crippen molar-refractivity contribution in [3.05, 3.63) is 103 Å². The lowest BCUT2D eigenvalue weighted by Gasteiger charge is -2.36. The Morgan fingerprint density at radius 2 is 1.67 bits per heavy atom. The summed E-state index contributed by atoms with van der Waals surface area (Å²) in [7, 11) is 1.71. The van der Waals surface area contributed by atoms with E-state index in [9.17, 15) is 24.3 Å².